The van der Waals surface area contributed by atoms with E-state index in [-0.39, 0.29) is 0 Å². The van der Waals surface area contributed by atoms with E-state index in [1.54, 1.807) is 18.5 Å². The highest BCUT2D eigenvalue weighted by atomic mass is 32.2. The Bertz CT molecular complexity index is 311. The van der Waals surface area contributed by atoms with Gasteiger partial charge in [-0.1, -0.05) is 0 Å². The molecule has 0 aromatic carbocycles. The molecule has 1 aliphatic rings. The molecule has 1 fully saturated rings. The first-order valence-electron chi connectivity index (χ1n) is 4.72. The first-order valence-corrected chi connectivity index (χ1v) is 6.04. The molecule has 5 heteroatoms. The topological polar surface area (TPSA) is 54.9 Å². The van der Waals surface area contributed by atoms with Crippen LogP contribution < -0.4 is 5.32 Å². The van der Waals surface area contributed by atoms with Gasteiger partial charge in [-0.15, -0.1) is 0 Å². The fourth-order valence-electron chi connectivity index (χ4n) is 1.55. The third kappa shape index (κ3) is 2.36. The van der Waals surface area contributed by atoms with Crippen molar-refractivity contribution in [2.45, 2.75) is 11.6 Å². The normalized spacial score (nSPS) is 23.6. The SMILES string of the molecule is O=[S@](C[C@@H]1CCNC1)c1ncccn1. The molecular weight excluding hydrogens is 198 g/mol. The predicted molar refractivity (Wildman–Crippen MR) is 54.3 cm³/mol. The van der Waals surface area contributed by atoms with Gasteiger partial charge >= 0.3 is 0 Å². The van der Waals surface area contributed by atoms with Gasteiger partial charge in [0.05, 0.1) is 10.8 Å². The van der Waals surface area contributed by atoms with Gasteiger partial charge in [0.25, 0.3) is 0 Å². The van der Waals surface area contributed by atoms with Gasteiger partial charge in [-0.05, 0) is 31.5 Å². The average molecular weight is 211 g/mol. The van der Waals surface area contributed by atoms with Crippen molar-refractivity contribution in [3.8, 4) is 0 Å². The summed E-state index contributed by atoms with van der Waals surface area (Å²) in [7, 11) is -1.04. The molecule has 0 radical (unpaired) electrons. The van der Waals surface area contributed by atoms with Crippen molar-refractivity contribution in [1.29, 1.82) is 0 Å². The molecular formula is C9H13N3OS. The van der Waals surface area contributed by atoms with E-state index in [1.807, 2.05) is 0 Å². The lowest BCUT2D eigenvalue weighted by Gasteiger charge is -2.05. The van der Waals surface area contributed by atoms with Crippen molar-refractivity contribution in [2.75, 3.05) is 18.8 Å². The standard InChI is InChI=1S/C9H13N3OS/c13-14(7-8-2-5-10-6-8)9-11-3-1-4-12-9/h1,3-4,8,10H,2,5-7H2/t8-,14-/m1/s1. The molecule has 2 rings (SSSR count). The number of rotatable bonds is 3. The van der Waals surface area contributed by atoms with Crippen LogP contribution in [0, 0.1) is 5.92 Å². The molecule has 14 heavy (non-hydrogen) atoms. The lowest BCUT2D eigenvalue weighted by atomic mass is 10.2. The Hall–Kier alpha value is -0.810. The molecule has 2 heterocycles. The maximum atomic E-state index is 11.8. The van der Waals surface area contributed by atoms with Gasteiger partial charge in [-0.2, -0.15) is 0 Å². The van der Waals surface area contributed by atoms with E-state index in [9.17, 15) is 4.21 Å². The maximum absolute atomic E-state index is 11.8. The number of hydrogen-bond acceptors (Lipinski definition) is 4. The predicted octanol–water partition coefficient (Wildman–Crippen LogP) is 0.194. The van der Waals surface area contributed by atoms with E-state index in [0.717, 1.165) is 19.5 Å². The minimum atomic E-state index is -1.04. The van der Waals surface area contributed by atoms with Gasteiger partial charge in [-0.25, -0.2) is 9.97 Å². The number of nitrogens with zero attached hydrogens (tertiary/aromatic N) is 2. The number of nitrogens with one attached hydrogen (secondary N) is 1. The molecule has 1 aromatic heterocycles. The van der Waals surface area contributed by atoms with E-state index in [0.29, 0.717) is 16.8 Å². The monoisotopic (exact) mass is 211 g/mol. The molecule has 0 bridgehead atoms. The second-order valence-corrected chi connectivity index (χ2v) is 4.79. The van der Waals surface area contributed by atoms with Crippen molar-refractivity contribution in [2.24, 2.45) is 5.92 Å². The molecule has 0 saturated carbocycles. The largest absolute Gasteiger partial charge is 0.316 e. The van der Waals surface area contributed by atoms with Gasteiger partial charge in [0.2, 0.25) is 5.16 Å². The summed E-state index contributed by atoms with van der Waals surface area (Å²) in [4.78, 5) is 7.98. The summed E-state index contributed by atoms with van der Waals surface area (Å²) < 4.78 is 11.8. The molecule has 0 unspecified atom stereocenters. The summed E-state index contributed by atoms with van der Waals surface area (Å²) in [5, 5.41) is 3.71. The Kier molecular flexibility index (Phi) is 3.21. The van der Waals surface area contributed by atoms with Gasteiger partial charge in [-0.3, -0.25) is 4.21 Å². The molecule has 1 aliphatic heterocycles. The second kappa shape index (κ2) is 4.61. The zero-order valence-corrected chi connectivity index (χ0v) is 8.67. The number of hydrogen-bond donors (Lipinski definition) is 1. The molecule has 1 N–H and O–H groups in total. The van der Waals surface area contributed by atoms with E-state index >= 15 is 0 Å². The van der Waals surface area contributed by atoms with Gasteiger partial charge < -0.3 is 5.32 Å². The zero-order valence-electron chi connectivity index (χ0n) is 7.85. The first-order chi connectivity index (χ1) is 6.86. The zero-order chi connectivity index (χ0) is 9.80. The Labute approximate surface area is 85.6 Å². The third-order valence-electron chi connectivity index (χ3n) is 2.30. The number of aromatic nitrogens is 2. The van der Waals surface area contributed by atoms with Crippen LogP contribution in [0.25, 0.3) is 0 Å². The first kappa shape index (κ1) is 9.73. The van der Waals surface area contributed by atoms with Crippen LogP contribution in [-0.2, 0) is 10.8 Å². The molecule has 4 nitrogen and oxygen atoms in total. The Morgan fingerprint density at radius 1 is 1.50 bits per heavy atom. The fourth-order valence-corrected chi connectivity index (χ4v) is 2.77. The molecule has 0 spiro atoms. The van der Waals surface area contributed by atoms with Crippen LogP contribution in [-0.4, -0.2) is 33.0 Å². The van der Waals surface area contributed by atoms with Crippen LogP contribution in [0.4, 0.5) is 0 Å². The van der Waals surface area contributed by atoms with E-state index in [1.165, 1.54) is 0 Å². The lowest BCUT2D eigenvalue weighted by molar-refractivity contribution is 0.628. The van der Waals surface area contributed by atoms with Gasteiger partial charge in [0.15, 0.2) is 0 Å². The van der Waals surface area contributed by atoms with Gasteiger partial charge in [0, 0.05) is 18.1 Å². The van der Waals surface area contributed by atoms with Crippen LogP contribution in [0.1, 0.15) is 6.42 Å². The highest BCUT2D eigenvalue weighted by Gasteiger charge is 2.19. The van der Waals surface area contributed by atoms with Crippen LogP contribution in [0.15, 0.2) is 23.6 Å². The summed E-state index contributed by atoms with van der Waals surface area (Å²) in [6.45, 7) is 2.01. The van der Waals surface area contributed by atoms with Crippen molar-refractivity contribution in [3.63, 3.8) is 0 Å². The van der Waals surface area contributed by atoms with E-state index in [2.05, 4.69) is 15.3 Å². The minimum Gasteiger partial charge on any atom is -0.316 e. The molecule has 1 aromatic rings. The molecule has 2 atom stereocenters. The summed E-state index contributed by atoms with van der Waals surface area (Å²) in [5.74, 6) is 1.19. The molecule has 76 valence electrons. The lowest BCUT2D eigenvalue weighted by Crippen LogP contribution is -2.16. The van der Waals surface area contributed by atoms with E-state index < -0.39 is 10.8 Å². The highest BCUT2D eigenvalue weighted by Crippen LogP contribution is 2.11. The van der Waals surface area contributed by atoms with Crippen molar-refractivity contribution >= 4 is 10.8 Å². The van der Waals surface area contributed by atoms with Crippen LogP contribution in [0.2, 0.25) is 0 Å². The van der Waals surface area contributed by atoms with Gasteiger partial charge in [0.1, 0.15) is 0 Å². The van der Waals surface area contributed by atoms with Crippen molar-refractivity contribution in [3.05, 3.63) is 18.5 Å². The third-order valence-corrected chi connectivity index (χ3v) is 3.69. The van der Waals surface area contributed by atoms with Crippen molar-refractivity contribution < 1.29 is 4.21 Å². The van der Waals surface area contributed by atoms with E-state index in [4.69, 9.17) is 0 Å². The quantitative estimate of drug-likeness (QED) is 0.725. The summed E-state index contributed by atoms with van der Waals surface area (Å²) in [6, 6.07) is 1.73. The Morgan fingerprint density at radius 2 is 2.29 bits per heavy atom. The Balaban J connectivity index is 1.95. The minimum absolute atomic E-state index is 0.458. The molecule has 0 amide bonds. The maximum Gasteiger partial charge on any atom is 0.218 e. The summed E-state index contributed by atoms with van der Waals surface area (Å²) >= 11 is 0. The van der Waals surface area contributed by atoms with Crippen LogP contribution in [0.3, 0.4) is 0 Å². The van der Waals surface area contributed by atoms with Crippen LogP contribution in [0.5, 0.6) is 0 Å². The average Bonchev–Trinajstić information content (AvgIpc) is 2.72. The second-order valence-electron chi connectivity index (χ2n) is 3.40. The fraction of sp³-hybridized carbons (Fsp3) is 0.556. The molecule has 1 saturated heterocycles. The Morgan fingerprint density at radius 3 is 2.93 bits per heavy atom. The molecule has 0 aliphatic carbocycles. The summed E-state index contributed by atoms with van der Waals surface area (Å²) in [6.07, 6.45) is 4.37. The van der Waals surface area contributed by atoms with Crippen molar-refractivity contribution in [1.82, 2.24) is 15.3 Å². The highest BCUT2D eigenvalue weighted by molar-refractivity contribution is 7.84. The summed E-state index contributed by atoms with van der Waals surface area (Å²) in [5.41, 5.74) is 0. The van der Waals surface area contributed by atoms with Crippen LogP contribution >= 0.6 is 0 Å². The smallest absolute Gasteiger partial charge is 0.218 e.